The van der Waals surface area contributed by atoms with E-state index in [0.29, 0.717) is 37.3 Å². The van der Waals surface area contributed by atoms with Crippen LogP contribution in [-0.2, 0) is 29.2 Å². The molecule has 8 heteroatoms. The molecule has 4 heterocycles. The Kier molecular flexibility index (Phi) is 6.07. The molecule has 2 aliphatic heterocycles. The molecule has 2 aromatic heterocycles. The number of benzene rings is 1. The lowest BCUT2D eigenvalue weighted by atomic mass is 9.90. The first-order chi connectivity index (χ1) is 17.5. The van der Waals surface area contributed by atoms with Gasteiger partial charge in [-0.1, -0.05) is 24.3 Å². The predicted molar refractivity (Wildman–Crippen MR) is 134 cm³/mol. The maximum atomic E-state index is 13.1. The van der Waals surface area contributed by atoms with Gasteiger partial charge in [0.1, 0.15) is 18.0 Å². The smallest absolute Gasteiger partial charge is 0.255 e. The van der Waals surface area contributed by atoms with Gasteiger partial charge >= 0.3 is 0 Å². The second-order valence-electron chi connectivity index (χ2n) is 9.88. The highest BCUT2D eigenvalue weighted by molar-refractivity contribution is 6.02. The van der Waals surface area contributed by atoms with E-state index in [2.05, 4.69) is 17.7 Å². The number of carbonyl (C=O) groups excluding carboxylic acids is 2. The van der Waals surface area contributed by atoms with Gasteiger partial charge < -0.3 is 18.8 Å². The van der Waals surface area contributed by atoms with Crippen LogP contribution in [0.15, 0.2) is 54.9 Å². The van der Waals surface area contributed by atoms with Crippen molar-refractivity contribution >= 4 is 17.3 Å². The van der Waals surface area contributed by atoms with Gasteiger partial charge in [0.2, 0.25) is 0 Å². The maximum Gasteiger partial charge on any atom is 0.255 e. The number of nitrogens with zero attached hydrogens (tertiary/aromatic N) is 4. The van der Waals surface area contributed by atoms with Crippen molar-refractivity contribution in [3.8, 4) is 5.75 Å². The van der Waals surface area contributed by atoms with Gasteiger partial charge in [0, 0.05) is 55.1 Å². The second kappa shape index (κ2) is 9.52. The number of aromatic nitrogens is 2. The van der Waals surface area contributed by atoms with Gasteiger partial charge in [-0.25, -0.2) is 4.98 Å². The molecular weight excluding hydrogens is 456 g/mol. The van der Waals surface area contributed by atoms with E-state index in [1.807, 2.05) is 40.9 Å². The Morgan fingerprint density at radius 1 is 1.11 bits per heavy atom. The third kappa shape index (κ3) is 4.42. The van der Waals surface area contributed by atoms with Gasteiger partial charge in [-0.3, -0.25) is 14.5 Å². The molecule has 8 nitrogen and oxygen atoms in total. The molecule has 1 saturated heterocycles. The van der Waals surface area contributed by atoms with E-state index in [9.17, 15) is 9.59 Å². The van der Waals surface area contributed by atoms with Gasteiger partial charge in [0.15, 0.2) is 5.78 Å². The first-order valence-corrected chi connectivity index (χ1v) is 12.6. The number of Topliss-reactive ketones (excluding diaryl/α,β-unsaturated/α-hetero) is 1. The van der Waals surface area contributed by atoms with Crippen molar-refractivity contribution in [3.05, 3.63) is 77.3 Å². The largest absolute Gasteiger partial charge is 0.488 e. The lowest BCUT2D eigenvalue weighted by molar-refractivity contribution is -0.124. The maximum absolute atomic E-state index is 13.1. The van der Waals surface area contributed by atoms with Crippen LogP contribution in [0.25, 0.3) is 5.65 Å². The molecule has 1 amide bonds. The summed E-state index contributed by atoms with van der Waals surface area (Å²) in [5, 5.41) is 0. The van der Waals surface area contributed by atoms with E-state index < -0.39 is 0 Å². The van der Waals surface area contributed by atoms with E-state index in [4.69, 9.17) is 14.5 Å². The molecule has 1 aromatic carbocycles. The number of ether oxygens (including phenoxy) is 2. The number of pyridine rings is 1. The lowest BCUT2D eigenvalue weighted by Crippen LogP contribution is -2.43. The minimum absolute atomic E-state index is 0.0801. The van der Waals surface area contributed by atoms with Gasteiger partial charge in [-0.05, 0) is 31.0 Å². The fourth-order valence-electron chi connectivity index (χ4n) is 5.40. The molecule has 1 atom stereocenters. The molecule has 186 valence electrons. The average molecular weight is 487 g/mol. The van der Waals surface area contributed by atoms with Gasteiger partial charge in [0.25, 0.3) is 5.91 Å². The molecule has 1 saturated carbocycles. The number of hydrogen-bond donors (Lipinski definition) is 0. The van der Waals surface area contributed by atoms with Crippen molar-refractivity contribution in [2.24, 2.45) is 0 Å². The number of ketones is 1. The zero-order valence-electron chi connectivity index (χ0n) is 20.3. The molecule has 0 bridgehead atoms. The number of imidazole rings is 1. The summed E-state index contributed by atoms with van der Waals surface area (Å²) >= 11 is 0. The van der Waals surface area contributed by atoms with Crippen molar-refractivity contribution < 1.29 is 19.1 Å². The van der Waals surface area contributed by atoms with Crippen molar-refractivity contribution in [3.63, 3.8) is 0 Å². The Morgan fingerprint density at radius 2 is 1.97 bits per heavy atom. The second-order valence-corrected chi connectivity index (χ2v) is 9.88. The SMILES string of the molecule is C=C1CCC(N2Cc3c(OCc4ccc5nc(CN6CCOCC6)cn5c4)cccc3C2=O)C(=O)C1. The van der Waals surface area contributed by atoms with Crippen LogP contribution in [0.3, 0.4) is 0 Å². The summed E-state index contributed by atoms with van der Waals surface area (Å²) in [7, 11) is 0. The summed E-state index contributed by atoms with van der Waals surface area (Å²) in [6.07, 6.45) is 5.90. The minimum Gasteiger partial charge on any atom is -0.488 e. The minimum atomic E-state index is -0.376. The van der Waals surface area contributed by atoms with E-state index in [1.54, 1.807) is 4.90 Å². The highest BCUT2D eigenvalue weighted by Crippen LogP contribution is 2.35. The number of amides is 1. The molecule has 3 aromatic rings. The molecule has 3 aliphatic rings. The van der Waals surface area contributed by atoms with E-state index >= 15 is 0 Å². The fourth-order valence-corrected chi connectivity index (χ4v) is 5.40. The molecule has 2 fully saturated rings. The summed E-state index contributed by atoms with van der Waals surface area (Å²) in [6, 6.07) is 9.22. The van der Waals surface area contributed by atoms with E-state index in [-0.39, 0.29) is 17.7 Å². The molecular formula is C28H30N4O4. The zero-order chi connectivity index (χ0) is 24.6. The van der Waals surface area contributed by atoms with Crippen molar-refractivity contribution in [2.75, 3.05) is 26.3 Å². The number of morpholine rings is 1. The molecule has 36 heavy (non-hydrogen) atoms. The van der Waals surface area contributed by atoms with Crippen molar-refractivity contribution in [2.45, 2.75) is 45.0 Å². The lowest BCUT2D eigenvalue weighted by Gasteiger charge is -2.30. The third-order valence-electron chi connectivity index (χ3n) is 7.34. The van der Waals surface area contributed by atoms with Crippen LogP contribution >= 0.6 is 0 Å². The summed E-state index contributed by atoms with van der Waals surface area (Å²) in [5.41, 5.74) is 5.39. The molecule has 0 spiro atoms. The summed E-state index contributed by atoms with van der Waals surface area (Å²) < 4.78 is 13.7. The van der Waals surface area contributed by atoms with E-state index in [1.165, 1.54) is 0 Å². The van der Waals surface area contributed by atoms with Gasteiger partial charge in [0.05, 0.1) is 31.5 Å². The first-order valence-electron chi connectivity index (χ1n) is 12.6. The Hall–Kier alpha value is -3.49. The van der Waals surface area contributed by atoms with Gasteiger partial charge in [-0.15, -0.1) is 0 Å². The standard InChI is InChI=1S/C28H30N4O4/c1-19-5-7-24(25(33)13-19)32-17-23-22(28(32)34)3-2-4-26(23)36-18-20-6-8-27-29-21(16-31(27)14-20)15-30-9-11-35-12-10-30/h2-4,6,8,14,16,24H,1,5,7,9-13,15,17-18H2. The van der Waals surface area contributed by atoms with Crippen LogP contribution in [0.2, 0.25) is 0 Å². The Labute approximate surface area is 210 Å². The molecule has 0 N–H and O–H groups in total. The topological polar surface area (TPSA) is 76.4 Å². The molecule has 0 radical (unpaired) electrons. The molecule has 1 unspecified atom stereocenters. The van der Waals surface area contributed by atoms with Crippen molar-refractivity contribution in [1.82, 2.24) is 19.2 Å². The number of fused-ring (bicyclic) bond motifs is 2. The van der Waals surface area contributed by atoms with Crippen LogP contribution < -0.4 is 4.74 Å². The summed E-state index contributed by atoms with van der Waals surface area (Å²) in [6.45, 7) is 8.93. The van der Waals surface area contributed by atoms with Crippen LogP contribution in [0.1, 0.15) is 46.4 Å². The third-order valence-corrected chi connectivity index (χ3v) is 7.34. The monoisotopic (exact) mass is 486 g/mol. The highest BCUT2D eigenvalue weighted by Gasteiger charge is 2.39. The normalized spacial score (nSPS) is 20.8. The van der Waals surface area contributed by atoms with Crippen LogP contribution in [0.5, 0.6) is 5.75 Å². The highest BCUT2D eigenvalue weighted by atomic mass is 16.5. The predicted octanol–water partition coefficient (Wildman–Crippen LogP) is 3.38. The summed E-state index contributed by atoms with van der Waals surface area (Å²) in [5.74, 6) is 0.681. The Morgan fingerprint density at radius 3 is 2.81 bits per heavy atom. The molecule has 6 rings (SSSR count). The zero-order valence-corrected chi connectivity index (χ0v) is 20.3. The quantitative estimate of drug-likeness (QED) is 0.498. The molecule has 1 aliphatic carbocycles. The number of allylic oxidation sites excluding steroid dienone is 1. The fraction of sp³-hybridized carbons (Fsp3) is 0.393. The first kappa shape index (κ1) is 22.9. The van der Waals surface area contributed by atoms with E-state index in [0.717, 1.165) is 67.3 Å². The van der Waals surface area contributed by atoms with Crippen LogP contribution in [-0.4, -0.2) is 63.2 Å². The average Bonchev–Trinajstić information content (AvgIpc) is 3.43. The Bertz CT molecular complexity index is 1340. The van der Waals surface area contributed by atoms with Gasteiger partial charge in [-0.2, -0.15) is 0 Å². The number of carbonyl (C=O) groups is 2. The summed E-state index contributed by atoms with van der Waals surface area (Å²) in [4.78, 5) is 34.5. The van der Waals surface area contributed by atoms with Crippen molar-refractivity contribution in [1.29, 1.82) is 0 Å². The number of rotatable bonds is 6. The Balaban J connectivity index is 1.15. The number of hydrogen-bond acceptors (Lipinski definition) is 6. The van der Waals surface area contributed by atoms with Crippen LogP contribution in [0.4, 0.5) is 0 Å². The van der Waals surface area contributed by atoms with Crippen LogP contribution in [0, 0.1) is 0 Å².